The lowest BCUT2D eigenvalue weighted by molar-refractivity contribution is 0.796. The molecule has 0 fully saturated rings. The molecule has 102 valence electrons. The number of hydrogen-bond donors (Lipinski definition) is 2. The van der Waals surface area contributed by atoms with Crippen LogP contribution in [-0.4, -0.2) is 9.55 Å². The second-order valence-electron chi connectivity index (χ2n) is 4.67. The lowest BCUT2D eigenvalue weighted by atomic mass is 10.2. The van der Waals surface area contributed by atoms with Gasteiger partial charge in [0.15, 0.2) is 0 Å². The van der Waals surface area contributed by atoms with Crippen molar-refractivity contribution in [2.75, 3.05) is 11.5 Å². The van der Waals surface area contributed by atoms with E-state index in [2.05, 4.69) is 16.5 Å². The predicted molar refractivity (Wildman–Crippen MR) is 84.7 cm³/mol. The van der Waals surface area contributed by atoms with Gasteiger partial charge in [0.2, 0.25) is 0 Å². The largest absolute Gasteiger partial charge is 0.399 e. The van der Waals surface area contributed by atoms with Crippen LogP contribution in [-0.2, 0) is 6.54 Å². The van der Waals surface area contributed by atoms with Crippen molar-refractivity contribution in [3.05, 3.63) is 41.4 Å². The Kier molecular flexibility index (Phi) is 3.03. The van der Waals surface area contributed by atoms with Crippen molar-refractivity contribution < 1.29 is 0 Å². The lowest BCUT2D eigenvalue weighted by Crippen LogP contribution is -1.98. The summed E-state index contributed by atoms with van der Waals surface area (Å²) in [5.74, 6) is 0.870. The molecular weight excluding hydrogens is 272 g/mol. The maximum atomic E-state index is 6.31. The van der Waals surface area contributed by atoms with E-state index in [-0.39, 0.29) is 0 Å². The quantitative estimate of drug-likeness (QED) is 0.708. The number of aromatic nitrogens is 2. The van der Waals surface area contributed by atoms with E-state index >= 15 is 0 Å². The van der Waals surface area contributed by atoms with Crippen LogP contribution in [0.15, 0.2) is 36.4 Å². The second kappa shape index (κ2) is 4.72. The Morgan fingerprint density at radius 2 is 1.80 bits per heavy atom. The molecule has 4 N–H and O–H groups in total. The molecule has 0 aliphatic rings. The van der Waals surface area contributed by atoms with Crippen LogP contribution in [0.2, 0.25) is 5.02 Å². The number of fused-ring (bicyclic) bond motifs is 1. The van der Waals surface area contributed by atoms with Crippen molar-refractivity contribution >= 4 is 34.0 Å². The molecule has 1 aromatic heterocycles. The Labute approximate surface area is 122 Å². The molecule has 0 radical (unpaired) electrons. The first-order chi connectivity index (χ1) is 9.60. The molecule has 0 saturated carbocycles. The van der Waals surface area contributed by atoms with Gasteiger partial charge in [0.05, 0.1) is 16.1 Å². The van der Waals surface area contributed by atoms with Crippen molar-refractivity contribution in [1.82, 2.24) is 9.55 Å². The molecule has 20 heavy (non-hydrogen) atoms. The van der Waals surface area contributed by atoms with E-state index in [0.29, 0.717) is 10.7 Å². The first-order valence-corrected chi connectivity index (χ1v) is 6.79. The van der Waals surface area contributed by atoms with Gasteiger partial charge in [-0.1, -0.05) is 11.6 Å². The average Bonchev–Trinajstić information content (AvgIpc) is 2.78. The third-order valence-electron chi connectivity index (χ3n) is 3.30. The summed E-state index contributed by atoms with van der Waals surface area (Å²) >= 11 is 6.31. The van der Waals surface area contributed by atoms with Crippen LogP contribution in [0.1, 0.15) is 6.92 Å². The van der Waals surface area contributed by atoms with E-state index in [1.165, 1.54) is 0 Å². The van der Waals surface area contributed by atoms with Crippen LogP contribution in [0.3, 0.4) is 0 Å². The molecule has 0 spiro atoms. The standard InChI is InChI=1S/C15H15ClN4/c1-2-20-14-12(16)7-11(18)8-13(14)19-15(20)9-3-5-10(17)6-4-9/h3-8H,2,17-18H2,1H3. The van der Waals surface area contributed by atoms with Gasteiger partial charge in [-0.05, 0) is 43.3 Å². The minimum absolute atomic E-state index is 0.618. The van der Waals surface area contributed by atoms with Gasteiger partial charge in [-0.15, -0.1) is 0 Å². The van der Waals surface area contributed by atoms with Gasteiger partial charge in [0.25, 0.3) is 0 Å². The van der Waals surface area contributed by atoms with E-state index in [1.807, 2.05) is 30.3 Å². The maximum Gasteiger partial charge on any atom is 0.141 e. The third kappa shape index (κ3) is 1.98. The van der Waals surface area contributed by atoms with Crippen LogP contribution in [0.5, 0.6) is 0 Å². The molecule has 0 amide bonds. The molecule has 0 atom stereocenters. The van der Waals surface area contributed by atoms with E-state index in [0.717, 1.165) is 34.7 Å². The summed E-state index contributed by atoms with van der Waals surface area (Å²) in [6.45, 7) is 2.84. The van der Waals surface area contributed by atoms with E-state index in [1.54, 1.807) is 6.07 Å². The maximum absolute atomic E-state index is 6.31. The van der Waals surface area contributed by atoms with Crippen molar-refractivity contribution in [2.24, 2.45) is 0 Å². The minimum Gasteiger partial charge on any atom is -0.399 e. The Morgan fingerprint density at radius 1 is 1.10 bits per heavy atom. The Morgan fingerprint density at radius 3 is 2.45 bits per heavy atom. The molecule has 0 aliphatic heterocycles. The SMILES string of the molecule is CCn1c(-c2ccc(N)cc2)nc2cc(N)cc(Cl)c21. The first-order valence-electron chi connectivity index (χ1n) is 6.41. The summed E-state index contributed by atoms with van der Waals surface area (Å²) in [4.78, 5) is 4.66. The molecule has 0 bridgehead atoms. The lowest BCUT2D eigenvalue weighted by Gasteiger charge is -2.07. The molecule has 0 saturated heterocycles. The summed E-state index contributed by atoms with van der Waals surface area (Å²) < 4.78 is 2.09. The van der Waals surface area contributed by atoms with E-state index < -0.39 is 0 Å². The number of anilines is 2. The van der Waals surface area contributed by atoms with Gasteiger partial charge in [-0.25, -0.2) is 4.98 Å². The number of nitrogen functional groups attached to an aromatic ring is 2. The summed E-state index contributed by atoms with van der Waals surface area (Å²) in [5, 5.41) is 0.621. The Bertz CT molecular complexity index is 775. The van der Waals surface area contributed by atoms with Gasteiger partial charge < -0.3 is 16.0 Å². The van der Waals surface area contributed by atoms with Gasteiger partial charge in [-0.2, -0.15) is 0 Å². The number of rotatable bonds is 2. The zero-order valence-corrected chi connectivity index (χ0v) is 11.9. The zero-order valence-electron chi connectivity index (χ0n) is 11.1. The highest BCUT2D eigenvalue weighted by molar-refractivity contribution is 6.35. The molecule has 0 aliphatic carbocycles. The van der Waals surface area contributed by atoms with Gasteiger partial charge in [0, 0.05) is 23.5 Å². The van der Waals surface area contributed by atoms with Gasteiger partial charge >= 0.3 is 0 Å². The number of benzene rings is 2. The van der Waals surface area contributed by atoms with Crippen molar-refractivity contribution in [2.45, 2.75) is 13.5 Å². The van der Waals surface area contributed by atoms with E-state index in [4.69, 9.17) is 23.1 Å². The zero-order chi connectivity index (χ0) is 14.3. The molecular formula is C15H15ClN4. The van der Waals surface area contributed by atoms with Crippen molar-refractivity contribution in [3.8, 4) is 11.4 Å². The first kappa shape index (κ1) is 12.8. The van der Waals surface area contributed by atoms with Crippen LogP contribution in [0.4, 0.5) is 11.4 Å². The number of nitrogens with two attached hydrogens (primary N) is 2. The highest BCUT2D eigenvalue weighted by Crippen LogP contribution is 2.31. The fourth-order valence-electron chi connectivity index (χ4n) is 2.40. The molecule has 0 unspecified atom stereocenters. The molecule has 1 heterocycles. The van der Waals surface area contributed by atoms with Crippen molar-refractivity contribution in [1.29, 1.82) is 0 Å². The number of nitrogens with zero attached hydrogens (tertiary/aromatic N) is 2. The molecule has 3 rings (SSSR count). The monoisotopic (exact) mass is 286 g/mol. The number of hydrogen-bond acceptors (Lipinski definition) is 3. The highest BCUT2D eigenvalue weighted by Gasteiger charge is 2.14. The van der Waals surface area contributed by atoms with Crippen molar-refractivity contribution in [3.63, 3.8) is 0 Å². The van der Waals surface area contributed by atoms with Crippen LogP contribution in [0, 0.1) is 0 Å². The van der Waals surface area contributed by atoms with Gasteiger partial charge in [0.1, 0.15) is 5.82 Å². The summed E-state index contributed by atoms with van der Waals surface area (Å²) in [6.07, 6.45) is 0. The molecule has 5 heteroatoms. The summed E-state index contributed by atoms with van der Waals surface area (Å²) in [5.41, 5.74) is 15.6. The van der Waals surface area contributed by atoms with E-state index in [9.17, 15) is 0 Å². The van der Waals surface area contributed by atoms with Crippen LogP contribution < -0.4 is 11.5 Å². The van der Waals surface area contributed by atoms with Crippen LogP contribution in [0.25, 0.3) is 22.4 Å². The molecule has 4 nitrogen and oxygen atoms in total. The topological polar surface area (TPSA) is 69.9 Å². The Hall–Kier alpha value is -2.20. The minimum atomic E-state index is 0.618. The van der Waals surface area contributed by atoms with Gasteiger partial charge in [-0.3, -0.25) is 0 Å². The normalized spacial score (nSPS) is 11.1. The Balaban J connectivity index is 2.30. The molecule has 2 aromatic carbocycles. The summed E-state index contributed by atoms with van der Waals surface area (Å²) in [6, 6.07) is 11.2. The number of halogens is 1. The third-order valence-corrected chi connectivity index (χ3v) is 3.59. The number of imidazole rings is 1. The smallest absolute Gasteiger partial charge is 0.141 e. The average molecular weight is 287 g/mol. The van der Waals surface area contributed by atoms with Crippen LogP contribution >= 0.6 is 11.6 Å². The fourth-order valence-corrected chi connectivity index (χ4v) is 2.72. The second-order valence-corrected chi connectivity index (χ2v) is 5.08. The molecule has 3 aromatic rings. The summed E-state index contributed by atoms with van der Waals surface area (Å²) in [7, 11) is 0. The predicted octanol–water partition coefficient (Wildman–Crippen LogP) is 3.54. The number of aryl methyl sites for hydroxylation is 1. The highest BCUT2D eigenvalue weighted by atomic mass is 35.5. The fraction of sp³-hybridized carbons (Fsp3) is 0.133.